The van der Waals surface area contributed by atoms with Crippen LogP contribution in [0, 0.1) is 29.5 Å². The molecule has 1 amide bonds. The molecule has 0 atom stereocenters. The average molecular weight is 429 g/mol. The third kappa shape index (κ3) is 5.26. The molecule has 1 aliphatic rings. The Hall–Kier alpha value is -3.81. The van der Waals surface area contributed by atoms with Crippen LogP contribution in [0.2, 0.25) is 0 Å². The Balaban J connectivity index is 1.77. The molecule has 0 aliphatic carbocycles. The van der Waals surface area contributed by atoms with Gasteiger partial charge in [-0.15, -0.1) is 6.42 Å². The van der Waals surface area contributed by atoms with E-state index in [1.807, 2.05) is 18.2 Å². The van der Waals surface area contributed by atoms with Gasteiger partial charge < -0.3 is 10.6 Å². The van der Waals surface area contributed by atoms with Crippen LogP contribution in [0.4, 0.5) is 4.39 Å². The van der Waals surface area contributed by atoms with Crippen molar-refractivity contribution in [3.63, 3.8) is 0 Å². The fourth-order valence-corrected chi connectivity index (χ4v) is 3.86. The summed E-state index contributed by atoms with van der Waals surface area (Å²) in [7, 11) is 1.54. The van der Waals surface area contributed by atoms with E-state index in [0.717, 1.165) is 5.56 Å². The van der Waals surface area contributed by atoms with Gasteiger partial charge in [-0.3, -0.25) is 9.79 Å². The van der Waals surface area contributed by atoms with Gasteiger partial charge in [-0.05, 0) is 61.1 Å². The van der Waals surface area contributed by atoms with Crippen molar-refractivity contribution >= 4 is 18.0 Å². The monoisotopic (exact) mass is 429 g/mol. The molecule has 2 aromatic carbocycles. The lowest BCUT2D eigenvalue weighted by atomic mass is 9.82. The molecule has 1 saturated heterocycles. The first kappa shape index (κ1) is 22.9. The number of carbonyl (C=O) groups excluding carboxylic acids is 1. The van der Waals surface area contributed by atoms with E-state index in [1.54, 1.807) is 18.0 Å². The molecular weight excluding hydrogens is 405 g/mol. The van der Waals surface area contributed by atoms with Crippen LogP contribution in [0.5, 0.6) is 0 Å². The third-order valence-electron chi connectivity index (χ3n) is 5.56. The Morgan fingerprint density at radius 1 is 1.28 bits per heavy atom. The summed E-state index contributed by atoms with van der Waals surface area (Å²) < 4.78 is 13.9. The van der Waals surface area contributed by atoms with Gasteiger partial charge in [0, 0.05) is 36.8 Å². The van der Waals surface area contributed by atoms with Crippen molar-refractivity contribution in [3.05, 3.63) is 70.5 Å². The number of piperidine rings is 1. The fraction of sp³-hybridized carbons (Fsp3) is 0.280. The molecular formula is C25H24FN5O. The summed E-state index contributed by atoms with van der Waals surface area (Å²) in [5, 5.41) is 9.10. The number of aliphatic imine (C=N–C) groups is 2. The average Bonchev–Trinajstić information content (AvgIpc) is 2.79. The first-order chi connectivity index (χ1) is 15.4. The quantitative estimate of drug-likeness (QED) is 0.450. The number of halogens is 1. The highest BCUT2D eigenvalue weighted by Gasteiger charge is 2.33. The molecule has 1 fully saturated rings. The van der Waals surface area contributed by atoms with E-state index in [9.17, 15) is 9.18 Å². The zero-order valence-corrected chi connectivity index (χ0v) is 17.9. The summed E-state index contributed by atoms with van der Waals surface area (Å²) in [6.45, 7) is 0.923. The zero-order chi connectivity index (χ0) is 23.1. The van der Waals surface area contributed by atoms with E-state index < -0.39 is 11.4 Å². The molecule has 2 N–H and O–H groups in total. The molecule has 6 nitrogen and oxygen atoms in total. The minimum absolute atomic E-state index is 0.140. The summed E-state index contributed by atoms with van der Waals surface area (Å²) >= 11 is 0. The summed E-state index contributed by atoms with van der Waals surface area (Å²) in [5.74, 6) is 1.65. The topological polar surface area (TPSA) is 94.8 Å². The van der Waals surface area contributed by atoms with Crippen molar-refractivity contribution in [2.24, 2.45) is 15.7 Å². The summed E-state index contributed by atoms with van der Waals surface area (Å²) in [5.41, 5.74) is 8.44. The van der Waals surface area contributed by atoms with Gasteiger partial charge in [0.1, 0.15) is 17.9 Å². The van der Waals surface area contributed by atoms with E-state index in [0.29, 0.717) is 43.5 Å². The Morgan fingerprint density at radius 3 is 2.69 bits per heavy atom. The molecule has 1 heterocycles. The van der Waals surface area contributed by atoms with E-state index >= 15 is 0 Å². The van der Waals surface area contributed by atoms with Crippen LogP contribution in [0.15, 0.2) is 52.4 Å². The first-order valence-corrected chi connectivity index (χ1v) is 10.2. The van der Waals surface area contributed by atoms with E-state index in [-0.39, 0.29) is 17.2 Å². The molecule has 0 saturated carbocycles. The number of benzene rings is 2. The number of carbonyl (C=O) groups is 1. The SMILES string of the molecule is C#CC(=NC=NC)c1cc(F)ccc1C(=O)N1CCC(N)(Cc2cccc(C#N)c2)CC1. The van der Waals surface area contributed by atoms with E-state index in [2.05, 4.69) is 22.0 Å². The molecule has 0 aromatic heterocycles. The van der Waals surface area contributed by atoms with Crippen molar-refractivity contribution in [1.29, 1.82) is 5.26 Å². The smallest absolute Gasteiger partial charge is 0.254 e. The minimum atomic E-state index is -0.507. The summed E-state index contributed by atoms with van der Waals surface area (Å²) in [6.07, 6.45) is 8.63. The maximum atomic E-state index is 13.9. The molecule has 32 heavy (non-hydrogen) atoms. The number of hydrogen-bond acceptors (Lipinski definition) is 4. The normalized spacial score (nSPS) is 15.9. The molecule has 0 bridgehead atoms. The Bertz CT molecular complexity index is 1150. The molecule has 0 unspecified atom stereocenters. The lowest BCUT2D eigenvalue weighted by Gasteiger charge is -2.39. The number of terminal acetylenes is 1. The standard InChI is InChI=1S/C25H24FN5O/c1-3-23(30-17-29-2)22-14-20(26)7-8-21(22)24(32)31-11-9-25(28,10-12-31)15-18-5-4-6-19(13-18)16-27/h1,4-8,13-14,17H,9-12,15,28H2,2H3. The molecule has 2 aromatic rings. The highest BCUT2D eigenvalue weighted by molar-refractivity contribution is 6.19. The molecule has 0 radical (unpaired) electrons. The van der Waals surface area contributed by atoms with Crippen LogP contribution >= 0.6 is 0 Å². The number of likely N-dealkylation sites (tertiary alicyclic amines) is 1. The second kappa shape index (κ2) is 10.00. The number of rotatable bonds is 5. The van der Waals surface area contributed by atoms with Crippen LogP contribution in [-0.2, 0) is 6.42 Å². The van der Waals surface area contributed by atoms with Gasteiger partial charge in [-0.2, -0.15) is 5.26 Å². The molecule has 3 rings (SSSR count). The van der Waals surface area contributed by atoms with Crippen LogP contribution in [0.25, 0.3) is 0 Å². The number of amides is 1. The zero-order valence-electron chi connectivity index (χ0n) is 17.9. The summed E-state index contributed by atoms with van der Waals surface area (Å²) in [6, 6.07) is 13.4. The van der Waals surface area contributed by atoms with E-state index in [1.165, 1.54) is 24.5 Å². The Kier molecular flexibility index (Phi) is 7.14. The van der Waals surface area contributed by atoms with Crippen molar-refractivity contribution < 1.29 is 9.18 Å². The van der Waals surface area contributed by atoms with Crippen molar-refractivity contribution in [1.82, 2.24) is 4.90 Å². The van der Waals surface area contributed by atoms with Crippen LogP contribution < -0.4 is 5.73 Å². The second-order valence-corrected chi connectivity index (χ2v) is 7.83. The van der Waals surface area contributed by atoms with Crippen LogP contribution in [-0.4, -0.2) is 48.5 Å². The minimum Gasteiger partial charge on any atom is -0.338 e. The fourth-order valence-electron chi connectivity index (χ4n) is 3.86. The molecule has 162 valence electrons. The van der Waals surface area contributed by atoms with Gasteiger partial charge in [0.05, 0.1) is 11.6 Å². The summed E-state index contributed by atoms with van der Waals surface area (Å²) in [4.78, 5) is 22.8. The highest BCUT2D eigenvalue weighted by Crippen LogP contribution is 2.26. The number of nitrogens with two attached hydrogens (primary N) is 1. The van der Waals surface area contributed by atoms with Gasteiger partial charge in [0.2, 0.25) is 0 Å². The number of nitriles is 1. The Morgan fingerprint density at radius 2 is 2.03 bits per heavy atom. The first-order valence-electron chi connectivity index (χ1n) is 10.2. The van der Waals surface area contributed by atoms with Crippen molar-refractivity contribution in [2.75, 3.05) is 20.1 Å². The lowest BCUT2D eigenvalue weighted by molar-refractivity contribution is 0.0671. The second-order valence-electron chi connectivity index (χ2n) is 7.83. The maximum absolute atomic E-state index is 13.9. The predicted octanol–water partition coefficient (Wildman–Crippen LogP) is 2.95. The molecule has 0 spiro atoms. The largest absolute Gasteiger partial charge is 0.338 e. The van der Waals surface area contributed by atoms with Crippen LogP contribution in [0.3, 0.4) is 0 Å². The van der Waals surface area contributed by atoms with Gasteiger partial charge in [0.15, 0.2) is 0 Å². The highest BCUT2D eigenvalue weighted by atomic mass is 19.1. The Labute approximate surface area is 187 Å². The van der Waals surface area contributed by atoms with Gasteiger partial charge in [0.25, 0.3) is 5.91 Å². The van der Waals surface area contributed by atoms with Crippen LogP contribution in [0.1, 0.15) is 39.9 Å². The van der Waals surface area contributed by atoms with E-state index in [4.69, 9.17) is 17.4 Å². The third-order valence-corrected chi connectivity index (χ3v) is 5.56. The maximum Gasteiger partial charge on any atom is 0.254 e. The number of hydrogen-bond donors (Lipinski definition) is 1. The van der Waals surface area contributed by atoms with Crippen molar-refractivity contribution in [2.45, 2.75) is 24.8 Å². The molecule has 7 heteroatoms. The molecule has 1 aliphatic heterocycles. The predicted molar refractivity (Wildman–Crippen MR) is 123 cm³/mol. The van der Waals surface area contributed by atoms with Crippen molar-refractivity contribution in [3.8, 4) is 18.4 Å². The van der Waals surface area contributed by atoms with Gasteiger partial charge >= 0.3 is 0 Å². The number of nitrogens with zero attached hydrogens (tertiary/aromatic N) is 4. The van der Waals surface area contributed by atoms with Gasteiger partial charge in [-0.25, -0.2) is 9.38 Å². The van der Waals surface area contributed by atoms with Gasteiger partial charge in [-0.1, -0.05) is 12.1 Å². The lowest BCUT2D eigenvalue weighted by Crippen LogP contribution is -2.53.